The van der Waals surface area contributed by atoms with E-state index < -0.39 is 43.4 Å². The SMILES string of the molecule is CC(CC(=O)c1ccccc1)C(=S)N(CCN1Nc2cc(Cl)c(S(N)(=O)=O)cc2S1(=O)=O)CC(=O)O. The molecule has 3 rings (SSSR count). The fourth-order valence-electron chi connectivity index (χ4n) is 3.60. The van der Waals surface area contributed by atoms with Crippen LogP contribution in [-0.4, -0.2) is 67.6 Å². The summed E-state index contributed by atoms with van der Waals surface area (Å²) in [6.45, 7) is 0.817. The van der Waals surface area contributed by atoms with Crippen LogP contribution in [0.5, 0.6) is 0 Å². The number of nitrogens with zero attached hydrogens (tertiary/aromatic N) is 2. The second-order valence-corrected chi connectivity index (χ2v) is 12.2. The van der Waals surface area contributed by atoms with E-state index in [4.69, 9.17) is 29.0 Å². The van der Waals surface area contributed by atoms with Gasteiger partial charge >= 0.3 is 5.97 Å². The van der Waals surface area contributed by atoms with Crippen molar-refractivity contribution in [2.75, 3.05) is 25.1 Å². The summed E-state index contributed by atoms with van der Waals surface area (Å²) in [6, 6.07) is 10.6. The maximum atomic E-state index is 13.0. The van der Waals surface area contributed by atoms with Gasteiger partial charge in [-0.15, -0.1) is 4.41 Å². The third-order valence-corrected chi connectivity index (χ3v) is 9.16. The number of carbonyl (C=O) groups excluding carboxylic acids is 1. The van der Waals surface area contributed by atoms with Crippen molar-refractivity contribution in [2.45, 2.75) is 23.1 Å². The molecular weight excluding hydrogens is 552 g/mol. The van der Waals surface area contributed by atoms with Crippen molar-refractivity contribution in [2.24, 2.45) is 11.1 Å². The van der Waals surface area contributed by atoms with Gasteiger partial charge in [0.2, 0.25) is 10.0 Å². The third-order valence-electron chi connectivity index (χ3n) is 5.37. The Balaban J connectivity index is 1.75. The van der Waals surface area contributed by atoms with Crippen molar-refractivity contribution in [3.63, 3.8) is 0 Å². The molecule has 0 amide bonds. The number of rotatable bonds is 10. The van der Waals surface area contributed by atoms with Crippen LogP contribution in [0.2, 0.25) is 5.02 Å². The smallest absolute Gasteiger partial charge is 0.323 e. The van der Waals surface area contributed by atoms with E-state index in [9.17, 15) is 31.5 Å². The van der Waals surface area contributed by atoms with Crippen molar-refractivity contribution in [3.8, 4) is 0 Å². The van der Waals surface area contributed by atoms with Crippen LogP contribution < -0.4 is 10.6 Å². The molecule has 0 radical (unpaired) electrons. The van der Waals surface area contributed by atoms with Crippen LogP contribution in [0.25, 0.3) is 0 Å². The predicted octanol–water partition coefficient (Wildman–Crippen LogP) is 1.94. The number of hydrogen-bond donors (Lipinski definition) is 3. The number of halogens is 1. The van der Waals surface area contributed by atoms with E-state index in [1.807, 2.05) is 0 Å². The number of carboxylic acids is 1. The van der Waals surface area contributed by atoms with E-state index in [1.165, 1.54) is 4.90 Å². The molecule has 0 aromatic heterocycles. The minimum absolute atomic E-state index is 0.0412. The average Bonchev–Trinajstić information content (AvgIpc) is 3.03. The van der Waals surface area contributed by atoms with Crippen molar-refractivity contribution in [1.82, 2.24) is 9.31 Å². The van der Waals surface area contributed by atoms with E-state index in [0.29, 0.717) is 5.56 Å². The number of carbonyl (C=O) groups is 2. The Bertz CT molecular complexity index is 1420. The zero-order chi connectivity index (χ0) is 26.8. The number of benzene rings is 2. The molecule has 11 nitrogen and oxygen atoms in total. The molecule has 2 aromatic rings. The van der Waals surface area contributed by atoms with Crippen LogP contribution >= 0.6 is 23.8 Å². The maximum Gasteiger partial charge on any atom is 0.323 e. The first-order chi connectivity index (χ1) is 16.7. The van der Waals surface area contributed by atoms with Crippen LogP contribution in [-0.2, 0) is 24.8 Å². The lowest BCUT2D eigenvalue weighted by atomic mass is 9.99. The molecule has 0 fully saturated rings. The molecule has 2 aromatic carbocycles. The van der Waals surface area contributed by atoms with E-state index in [2.05, 4.69) is 5.43 Å². The summed E-state index contributed by atoms with van der Waals surface area (Å²) in [5, 5.41) is 14.2. The molecule has 1 unspecified atom stereocenters. The topological polar surface area (TPSA) is 167 Å². The van der Waals surface area contributed by atoms with Crippen LogP contribution in [0.15, 0.2) is 52.3 Å². The lowest BCUT2D eigenvalue weighted by Gasteiger charge is -2.28. The fraction of sp³-hybridized carbons (Fsp3) is 0.286. The highest BCUT2D eigenvalue weighted by Gasteiger charge is 2.37. The Kier molecular flexibility index (Phi) is 8.37. The fourth-order valence-corrected chi connectivity index (χ4v) is 6.44. The third kappa shape index (κ3) is 6.19. The van der Waals surface area contributed by atoms with E-state index in [0.717, 1.165) is 16.5 Å². The highest BCUT2D eigenvalue weighted by molar-refractivity contribution is 7.90. The van der Waals surface area contributed by atoms with E-state index >= 15 is 0 Å². The molecule has 4 N–H and O–H groups in total. The summed E-state index contributed by atoms with van der Waals surface area (Å²) >= 11 is 11.4. The second kappa shape index (κ2) is 10.8. The molecule has 1 atom stereocenters. The zero-order valence-electron chi connectivity index (χ0n) is 18.9. The number of ketones is 1. The first kappa shape index (κ1) is 28.0. The van der Waals surface area contributed by atoms with Gasteiger partial charge in [-0.25, -0.2) is 22.0 Å². The van der Waals surface area contributed by atoms with Gasteiger partial charge in [0, 0.05) is 24.4 Å². The minimum Gasteiger partial charge on any atom is -0.480 e. The average molecular weight is 575 g/mol. The minimum atomic E-state index is -4.27. The summed E-state index contributed by atoms with van der Waals surface area (Å²) in [5.41, 5.74) is 3.17. The van der Waals surface area contributed by atoms with Gasteiger partial charge in [0.05, 0.1) is 22.2 Å². The number of nitrogens with two attached hydrogens (primary N) is 1. The van der Waals surface area contributed by atoms with Gasteiger partial charge in [0.1, 0.15) is 16.3 Å². The number of sulfonamides is 2. The molecule has 1 heterocycles. The summed E-state index contributed by atoms with van der Waals surface area (Å²) in [7, 11) is -8.47. The monoisotopic (exact) mass is 574 g/mol. The molecule has 0 saturated carbocycles. The van der Waals surface area contributed by atoms with Gasteiger partial charge in [-0.3, -0.25) is 9.59 Å². The summed E-state index contributed by atoms with van der Waals surface area (Å²) in [5.74, 6) is -1.85. The quantitative estimate of drug-likeness (QED) is 0.282. The van der Waals surface area contributed by atoms with Crippen LogP contribution in [0.4, 0.5) is 5.69 Å². The number of Topliss-reactive ketones (excluding diaryl/α,β-unsaturated/α-hetero) is 1. The Labute approximate surface area is 218 Å². The molecule has 0 bridgehead atoms. The van der Waals surface area contributed by atoms with E-state index in [-0.39, 0.29) is 45.9 Å². The molecule has 194 valence electrons. The largest absolute Gasteiger partial charge is 0.480 e. The van der Waals surface area contributed by atoms with Gasteiger partial charge < -0.3 is 15.4 Å². The second-order valence-electron chi connectivity index (χ2n) is 8.06. The molecule has 0 spiro atoms. The standard InChI is InChI=1S/C21H23ClN4O7S3/c1-13(9-17(27)14-5-3-2-4-6-14)21(34)25(12-20(28)29)7-8-26-24-16-10-15(22)18(35(23,30)31)11-19(16)36(26,32)33/h2-6,10-11,13,24H,7-9,12H2,1H3,(H,28,29)(H2,23,30,31). The highest BCUT2D eigenvalue weighted by atomic mass is 35.5. The number of nitrogens with one attached hydrogen (secondary N) is 1. The number of fused-ring (bicyclic) bond motifs is 1. The Morgan fingerprint density at radius 1 is 1.25 bits per heavy atom. The summed E-state index contributed by atoms with van der Waals surface area (Å²) < 4.78 is 50.3. The van der Waals surface area contributed by atoms with Crippen LogP contribution in [0, 0.1) is 5.92 Å². The number of thiocarbonyl (C=S) groups is 1. The number of aliphatic carboxylic acids is 1. The highest BCUT2D eigenvalue weighted by Crippen LogP contribution is 2.37. The number of primary sulfonamides is 1. The van der Waals surface area contributed by atoms with Crippen molar-refractivity contribution < 1.29 is 31.5 Å². The van der Waals surface area contributed by atoms with Crippen LogP contribution in [0.3, 0.4) is 0 Å². The Morgan fingerprint density at radius 2 is 1.89 bits per heavy atom. The number of hydrogen-bond acceptors (Lipinski definition) is 8. The number of anilines is 1. The molecule has 0 saturated heterocycles. The van der Waals surface area contributed by atoms with Gasteiger partial charge in [-0.05, 0) is 12.1 Å². The first-order valence-corrected chi connectivity index (χ1v) is 14.2. The van der Waals surface area contributed by atoms with Gasteiger partial charge in [-0.2, -0.15) is 0 Å². The van der Waals surface area contributed by atoms with Crippen LogP contribution in [0.1, 0.15) is 23.7 Å². The van der Waals surface area contributed by atoms with E-state index in [1.54, 1.807) is 37.3 Å². The normalized spacial score (nSPS) is 15.5. The molecule has 1 aliphatic rings. The zero-order valence-corrected chi connectivity index (χ0v) is 22.1. The summed E-state index contributed by atoms with van der Waals surface area (Å²) in [6.07, 6.45) is 0.0412. The maximum absolute atomic E-state index is 13.0. The molecule has 0 aliphatic carbocycles. The number of carboxylic acid groups (broad SMARTS) is 1. The summed E-state index contributed by atoms with van der Waals surface area (Å²) in [4.78, 5) is 24.6. The molecule has 36 heavy (non-hydrogen) atoms. The first-order valence-electron chi connectivity index (χ1n) is 10.5. The lowest BCUT2D eigenvalue weighted by Crippen LogP contribution is -2.44. The van der Waals surface area contributed by atoms with Crippen molar-refractivity contribution >= 4 is 66.3 Å². The van der Waals surface area contributed by atoms with Crippen molar-refractivity contribution in [1.29, 1.82) is 0 Å². The van der Waals surface area contributed by atoms with Gasteiger partial charge in [-0.1, -0.05) is 61.1 Å². The molecule has 15 heteroatoms. The Hall–Kier alpha value is -2.62. The van der Waals surface area contributed by atoms with Crippen molar-refractivity contribution in [3.05, 3.63) is 53.1 Å². The Morgan fingerprint density at radius 3 is 2.47 bits per heavy atom. The predicted molar refractivity (Wildman–Crippen MR) is 137 cm³/mol. The van der Waals surface area contributed by atoms with Gasteiger partial charge in [0.25, 0.3) is 10.0 Å². The lowest BCUT2D eigenvalue weighted by molar-refractivity contribution is -0.137. The number of hydrazine groups is 1. The molecular formula is C21H23ClN4O7S3. The van der Waals surface area contributed by atoms with Gasteiger partial charge in [0.15, 0.2) is 5.78 Å². The molecule has 1 aliphatic heterocycles.